The molecule has 292 valence electrons. The van der Waals surface area contributed by atoms with E-state index in [1.807, 2.05) is 97.1 Å². The summed E-state index contributed by atoms with van der Waals surface area (Å²) in [6.45, 7) is 2.14. The van der Waals surface area contributed by atoms with Gasteiger partial charge in [0.2, 0.25) is 0 Å². The molecule has 0 aliphatic rings. The van der Waals surface area contributed by atoms with Crippen molar-refractivity contribution in [2.75, 3.05) is 0 Å². The van der Waals surface area contributed by atoms with Crippen molar-refractivity contribution in [1.29, 1.82) is 0 Å². The summed E-state index contributed by atoms with van der Waals surface area (Å²) in [5.74, 6) is 2.41. The fourth-order valence-corrected chi connectivity index (χ4v) is 8.31. The summed E-state index contributed by atoms with van der Waals surface area (Å²) in [6.07, 6.45) is 0. The Kier molecular flexibility index (Phi) is 9.28. The monoisotopic (exact) mass is 794 g/mol. The van der Waals surface area contributed by atoms with Gasteiger partial charge in [0.1, 0.15) is 0 Å². The summed E-state index contributed by atoms with van der Waals surface area (Å²) in [5, 5.41) is 2.34. The predicted molar refractivity (Wildman–Crippen MR) is 253 cm³/mol. The predicted octanol–water partition coefficient (Wildman–Crippen LogP) is 13.7. The first-order chi connectivity index (χ1) is 30.6. The van der Waals surface area contributed by atoms with Crippen LogP contribution in [-0.4, -0.2) is 29.5 Å². The van der Waals surface area contributed by atoms with Crippen molar-refractivity contribution in [3.63, 3.8) is 0 Å². The van der Waals surface area contributed by atoms with E-state index in [0.717, 1.165) is 61.5 Å². The highest BCUT2D eigenvalue weighted by Crippen LogP contribution is 2.40. The molecule has 3 aromatic heterocycles. The van der Waals surface area contributed by atoms with Crippen molar-refractivity contribution in [2.24, 2.45) is 0 Å². The molecule has 0 N–H and O–H groups in total. The van der Waals surface area contributed by atoms with Gasteiger partial charge in [-0.3, -0.25) is 0 Å². The van der Waals surface area contributed by atoms with Crippen LogP contribution in [0.1, 0.15) is 5.56 Å². The highest BCUT2D eigenvalue weighted by Gasteiger charge is 2.21. The Balaban J connectivity index is 1.19. The van der Waals surface area contributed by atoms with Gasteiger partial charge in [0.15, 0.2) is 23.3 Å². The third kappa shape index (κ3) is 6.89. The van der Waals surface area contributed by atoms with Crippen LogP contribution in [0.15, 0.2) is 212 Å². The molecule has 0 saturated heterocycles. The lowest BCUT2D eigenvalue weighted by Gasteiger charge is -2.17. The van der Waals surface area contributed by atoms with Crippen molar-refractivity contribution >= 4 is 21.8 Å². The molecule has 6 heteroatoms. The quantitative estimate of drug-likeness (QED) is 0.153. The number of aromatic nitrogens is 6. The van der Waals surface area contributed by atoms with Crippen LogP contribution < -0.4 is 0 Å². The molecule has 0 spiro atoms. The average molecular weight is 795 g/mol. The van der Waals surface area contributed by atoms with Crippen LogP contribution in [0.4, 0.5) is 0 Å². The van der Waals surface area contributed by atoms with Gasteiger partial charge in [-0.15, -0.1) is 0 Å². The zero-order chi connectivity index (χ0) is 41.4. The second-order valence-electron chi connectivity index (χ2n) is 15.4. The molecule has 0 radical (unpaired) electrons. The second-order valence-corrected chi connectivity index (χ2v) is 15.4. The SMILES string of the molecule is Cc1cccc(-c2ccc3c(c2)c2ccccc2n3-c2ccc(-c3nc(-c4ccccc4)nc(-c4ccccc4)n3)cc2-c2cc(-c3ccccc3)nc(-c3ccccc3)n2)c1. The Morgan fingerprint density at radius 2 is 0.790 bits per heavy atom. The Morgan fingerprint density at radius 3 is 1.42 bits per heavy atom. The van der Waals surface area contributed by atoms with Crippen LogP contribution in [0.5, 0.6) is 0 Å². The van der Waals surface area contributed by atoms with E-state index in [0.29, 0.717) is 23.3 Å². The van der Waals surface area contributed by atoms with Gasteiger partial charge in [-0.05, 0) is 60.5 Å². The second kappa shape index (κ2) is 15.7. The zero-order valence-electron chi connectivity index (χ0n) is 33.9. The topological polar surface area (TPSA) is 69.4 Å². The van der Waals surface area contributed by atoms with Crippen LogP contribution in [0.2, 0.25) is 0 Å². The first kappa shape index (κ1) is 36.7. The van der Waals surface area contributed by atoms with E-state index in [1.54, 1.807) is 0 Å². The third-order valence-electron chi connectivity index (χ3n) is 11.3. The largest absolute Gasteiger partial charge is 0.309 e. The third-order valence-corrected chi connectivity index (χ3v) is 11.3. The van der Waals surface area contributed by atoms with E-state index in [9.17, 15) is 0 Å². The van der Waals surface area contributed by atoms with Gasteiger partial charge >= 0.3 is 0 Å². The average Bonchev–Trinajstić information content (AvgIpc) is 3.68. The number of hydrogen-bond acceptors (Lipinski definition) is 5. The molecule has 0 bridgehead atoms. The summed E-state index contributed by atoms with van der Waals surface area (Å²) in [6, 6.07) is 73.4. The molecule has 6 nitrogen and oxygen atoms in total. The number of nitrogens with zero attached hydrogens (tertiary/aromatic N) is 6. The minimum atomic E-state index is 0.566. The first-order valence-electron chi connectivity index (χ1n) is 20.8. The lowest BCUT2D eigenvalue weighted by molar-refractivity contribution is 1.07. The van der Waals surface area contributed by atoms with Gasteiger partial charge < -0.3 is 4.57 Å². The highest BCUT2D eigenvalue weighted by atomic mass is 15.0. The normalized spacial score (nSPS) is 11.3. The molecule has 0 atom stereocenters. The fraction of sp³-hybridized carbons (Fsp3) is 0.0179. The molecule has 0 aliphatic carbocycles. The Bertz CT molecular complexity index is 3280. The molecule has 0 fully saturated rings. The highest BCUT2D eigenvalue weighted by molar-refractivity contribution is 6.11. The minimum Gasteiger partial charge on any atom is -0.309 e. The van der Waals surface area contributed by atoms with E-state index in [4.69, 9.17) is 24.9 Å². The van der Waals surface area contributed by atoms with Crippen LogP contribution in [0, 0.1) is 6.92 Å². The summed E-state index contributed by atoms with van der Waals surface area (Å²) < 4.78 is 2.37. The van der Waals surface area contributed by atoms with Crippen LogP contribution in [-0.2, 0) is 0 Å². The molecular formula is C56H38N6. The van der Waals surface area contributed by atoms with Gasteiger partial charge in [-0.25, -0.2) is 24.9 Å². The number of hydrogen-bond donors (Lipinski definition) is 0. The van der Waals surface area contributed by atoms with Gasteiger partial charge in [0, 0.05) is 44.2 Å². The molecular weight excluding hydrogens is 757 g/mol. The van der Waals surface area contributed by atoms with Gasteiger partial charge in [-0.1, -0.05) is 175 Å². The summed E-state index contributed by atoms with van der Waals surface area (Å²) in [5.41, 5.74) is 13.9. The molecule has 8 aromatic carbocycles. The standard InChI is InChI=1S/C56H38N6/c1-37-17-16-26-42(33-37)43-29-31-51-46(34-43)45-27-14-15-28-50(45)62(51)52-32-30-44(56-60-54(40-22-10-4-11-23-40)59-55(61-56)41-24-12-5-13-25-41)35-47(52)49-36-48(38-18-6-2-7-19-38)57-53(58-49)39-20-8-3-9-21-39/h2-36H,1H3. The Labute approximate surface area is 359 Å². The molecule has 0 aliphatic heterocycles. The van der Waals surface area contributed by atoms with Crippen molar-refractivity contribution in [3.05, 3.63) is 218 Å². The molecule has 11 aromatic rings. The lowest BCUT2D eigenvalue weighted by atomic mass is 10.0. The maximum atomic E-state index is 5.38. The maximum absolute atomic E-state index is 5.38. The number of aryl methyl sites for hydroxylation is 1. The van der Waals surface area contributed by atoms with Crippen LogP contribution in [0.3, 0.4) is 0 Å². The fourth-order valence-electron chi connectivity index (χ4n) is 8.31. The Hall–Kier alpha value is -8.35. The molecule has 0 saturated carbocycles. The molecule has 3 heterocycles. The van der Waals surface area contributed by atoms with E-state index >= 15 is 0 Å². The number of para-hydroxylation sites is 1. The lowest BCUT2D eigenvalue weighted by Crippen LogP contribution is -2.03. The summed E-state index contributed by atoms with van der Waals surface area (Å²) in [4.78, 5) is 25.8. The first-order valence-corrected chi connectivity index (χ1v) is 20.8. The van der Waals surface area contributed by atoms with E-state index < -0.39 is 0 Å². The van der Waals surface area contributed by atoms with E-state index in [2.05, 4.69) is 127 Å². The molecule has 0 amide bonds. The van der Waals surface area contributed by atoms with Crippen LogP contribution >= 0.6 is 0 Å². The maximum Gasteiger partial charge on any atom is 0.164 e. The van der Waals surface area contributed by atoms with E-state index in [1.165, 1.54) is 27.5 Å². The molecule has 0 unspecified atom stereocenters. The Morgan fingerprint density at radius 1 is 0.306 bits per heavy atom. The minimum absolute atomic E-state index is 0.566. The van der Waals surface area contributed by atoms with Crippen molar-refractivity contribution in [3.8, 4) is 84.9 Å². The van der Waals surface area contributed by atoms with E-state index in [-0.39, 0.29) is 0 Å². The van der Waals surface area contributed by atoms with Gasteiger partial charge in [-0.2, -0.15) is 0 Å². The van der Waals surface area contributed by atoms with Gasteiger partial charge in [0.25, 0.3) is 0 Å². The molecule has 62 heavy (non-hydrogen) atoms. The number of rotatable bonds is 8. The smallest absolute Gasteiger partial charge is 0.164 e. The number of fused-ring (bicyclic) bond motifs is 3. The number of benzene rings is 8. The van der Waals surface area contributed by atoms with Gasteiger partial charge in [0.05, 0.1) is 28.1 Å². The van der Waals surface area contributed by atoms with Crippen molar-refractivity contribution in [1.82, 2.24) is 29.5 Å². The summed E-state index contributed by atoms with van der Waals surface area (Å²) >= 11 is 0. The van der Waals surface area contributed by atoms with Crippen molar-refractivity contribution < 1.29 is 0 Å². The van der Waals surface area contributed by atoms with Crippen molar-refractivity contribution in [2.45, 2.75) is 6.92 Å². The molecule has 11 rings (SSSR count). The zero-order valence-corrected chi connectivity index (χ0v) is 33.9. The van der Waals surface area contributed by atoms with Crippen LogP contribution in [0.25, 0.3) is 107 Å². The summed E-state index contributed by atoms with van der Waals surface area (Å²) in [7, 11) is 0.